The predicted molar refractivity (Wildman–Crippen MR) is 95.9 cm³/mol. The summed E-state index contributed by atoms with van der Waals surface area (Å²) >= 11 is 0. The SMILES string of the molecule is CCOc1ccc2ccccc2c1[C@@H](N)C1CCCCC1.Cl. The number of hydrogen-bond donors (Lipinski definition) is 1. The molecule has 1 fully saturated rings. The van der Waals surface area contributed by atoms with Gasteiger partial charge in [0.15, 0.2) is 0 Å². The van der Waals surface area contributed by atoms with Crippen LogP contribution in [0.3, 0.4) is 0 Å². The largest absolute Gasteiger partial charge is 0.494 e. The standard InChI is InChI=1S/C19H25NO.ClH/c1-2-21-17-13-12-14-8-6-7-11-16(14)18(17)19(20)15-9-4-3-5-10-15;/h6-8,11-13,15,19H,2-5,9-10,20H2,1H3;1H/t19-;/m0./s1. The fourth-order valence-electron chi connectivity index (χ4n) is 3.63. The molecule has 1 atom stereocenters. The van der Waals surface area contributed by atoms with E-state index in [9.17, 15) is 0 Å². The van der Waals surface area contributed by atoms with Crippen molar-refractivity contribution >= 4 is 23.2 Å². The van der Waals surface area contributed by atoms with E-state index < -0.39 is 0 Å². The van der Waals surface area contributed by atoms with Crippen molar-refractivity contribution in [3.63, 3.8) is 0 Å². The minimum Gasteiger partial charge on any atom is -0.494 e. The number of halogens is 1. The maximum absolute atomic E-state index is 6.69. The van der Waals surface area contributed by atoms with Crippen molar-refractivity contribution < 1.29 is 4.74 Å². The van der Waals surface area contributed by atoms with Crippen LogP contribution in [0.25, 0.3) is 10.8 Å². The average Bonchev–Trinajstić information content (AvgIpc) is 2.55. The van der Waals surface area contributed by atoms with E-state index in [4.69, 9.17) is 10.5 Å². The normalized spacial score (nSPS) is 17.0. The van der Waals surface area contributed by atoms with Gasteiger partial charge in [0.25, 0.3) is 0 Å². The Morgan fingerprint density at radius 1 is 1.09 bits per heavy atom. The van der Waals surface area contributed by atoms with Gasteiger partial charge in [-0.15, -0.1) is 12.4 Å². The molecule has 0 unspecified atom stereocenters. The van der Waals surface area contributed by atoms with Crippen LogP contribution in [0, 0.1) is 5.92 Å². The van der Waals surface area contributed by atoms with E-state index in [1.54, 1.807) is 0 Å². The van der Waals surface area contributed by atoms with Gasteiger partial charge in [0.05, 0.1) is 6.61 Å². The van der Waals surface area contributed by atoms with Crippen LogP contribution in [-0.2, 0) is 0 Å². The first kappa shape index (κ1) is 17.1. The molecule has 2 aromatic carbocycles. The van der Waals surface area contributed by atoms with Gasteiger partial charge < -0.3 is 10.5 Å². The summed E-state index contributed by atoms with van der Waals surface area (Å²) in [5, 5.41) is 2.50. The van der Waals surface area contributed by atoms with Gasteiger partial charge in [0, 0.05) is 11.6 Å². The van der Waals surface area contributed by atoms with Crippen molar-refractivity contribution in [1.29, 1.82) is 0 Å². The fourth-order valence-corrected chi connectivity index (χ4v) is 3.63. The smallest absolute Gasteiger partial charge is 0.124 e. The molecular weight excluding hydrogens is 294 g/mol. The third-order valence-corrected chi connectivity index (χ3v) is 4.72. The highest BCUT2D eigenvalue weighted by molar-refractivity contribution is 5.88. The lowest BCUT2D eigenvalue weighted by atomic mass is 9.80. The summed E-state index contributed by atoms with van der Waals surface area (Å²) in [6.45, 7) is 2.72. The summed E-state index contributed by atoms with van der Waals surface area (Å²) in [5.41, 5.74) is 7.90. The summed E-state index contributed by atoms with van der Waals surface area (Å²) in [4.78, 5) is 0. The van der Waals surface area contributed by atoms with Gasteiger partial charge in [0.1, 0.15) is 5.75 Å². The average molecular weight is 320 g/mol. The monoisotopic (exact) mass is 319 g/mol. The van der Waals surface area contributed by atoms with E-state index in [0.717, 1.165) is 5.75 Å². The Hall–Kier alpha value is -1.25. The van der Waals surface area contributed by atoms with E-state index >= 15 is 0 Å². The third kappa shape index (κ3) is 3.39. The molecule has 2 nitrogen and oxygen atoms in total. The second-order valence-corrected chi connectivity index (χ2v) is 6.06. The third-order valence-electron chi connectivity index (χ3n) is 4.72. The molecule has 3 rings (SSSR count). The van der Waals surface area contributed by atoms with Crippen LogP contribution < -0.4 is 10.5 Å². The lowest BCUT2D eigenvalue weighted by Gasteiger charge is -2.29. The topological polar surface area (TPSA) is 35.2 Å². The Morgan fingerprint density at radius 3 is 2.55 bits per heavy atom. The Morgan fingerprint density at radius 2 is 1.82 bits per heavy atom. The molecule has 22 heavy (non-hydrogen) atoms. The Labute approximate surface area is 139 Å². The van der Waals surface area contributed by atoms with Crippen LogP contribution in [0.4, 0.5) is 0 Å². The number of hydrogen-bond acceptors (Lipinski definition) is 2. The number of nitrogens with two attached hydrogens (primary N) is 1. The maximum atomic E-state index is 6.69. The second kappa shape index (κ2) is 7.85. The molecule has 1 saturated carbocycles. The predicted octanol–water partition coefficient (Wildman–Crippen LogP) is 5.24. The number of ether oxygens (including phenoxy) is 1. The molecule has 120 valence electrons. The Kier molecular flexibility index (Phi) is 6.10. The zero-order valence-corrected chi connectivity index (χ0v) is 14.1. The molecule has 1 aliphatic carbocycles. The molecule has 0 spiro atoms. The molecule has 1 aliphatic rings. The molecule has 0 radical (unpaired) electrons. The second-order valence-electron chi connectivity index (χ2n) is 6.06. The van der Waals surface area contributed by atoms with E-state index in [0.29, 0.717) is 12.5 Å². The van der Waals surface area contributed by atoms with Crippen molar-refractivity contribution in [2.75, 3.05) is 6.61 Å². The van der Waals surface area contributed by atoms with Crippen LogP contribution in [0.5, 0.6) is 5.75 Å². The van der Waals surface area contributed by atoms with E-state index in [1.165, 1.54) is 48.4 Å². The Bertz CT molecular complexity index is 607. The Balaban J connectivity index is 0.00000176. The minimum absolute atomic E-state index is 0. The molecule has 3 heteroatoms. The zero-order chi connectivity index (χ0) is 14.7. The number of benzene rings is 2. The quantitative estimate of drug-likeness (QED) is 0.836. The highest BCUT2D eigenvalue weighted by Crippen LogP contribution is 2.40. The van der Waals surface area contributed by atoms with Gasteiger partial charge in [0.2, 0.25) is 0 Å². The molecule has 2 N–H and O–H groups in total. The molecule has 0 amide bonds. The van der Waals surface area contributed by atoms with Crippen molar-refractivity contribution in [3.05, 3.63) is 42.0 Å². The first-order valence-corrected chi connectivity index (χ1v) is 8.21. The number of rotatable bonds is 4. The van der Waals surface area contributed by atoms with E-state index in [1.807, 2.05) is 6.92 Å². The first-order chi connectivity index (χ1) is 10.3. The van der Waals surface area contributed by atoms with Gasteiger partial charge in [-0.25, -0.2) is 0 Å². The molecule has 0 aromatic heterocycles. The number of fused-ring (bicyclic) bond motifs is 1. The zero-order valence-electron chi connectivity index (χ0n) is 13.3. The van der Waals surface area contributed by atoms with Crippen LogP contribution in [-0.4, -0.2) is 6.61 Å². The highest BCUT2D eigenvalue weighted by Gasteiger charge is 2.25. The van der Waals surface area contributed by atoms with Crippen molar-refractivity contribution in [2.24, 2.45) is 11.7 Å². The summed E-state index contributed by atoms with van der Waals surface area (Å²) in [5.74, 6) is 1.55. The summed E-state index contributed by atoms with van der Waals surface area (Å²) in [6.07, 6.45) is 6.48. The van der Waals surface area contributed by atoms with Gasteiger partial charge in [-0.2, -0.15) is 0 Å². The molecule has 0 saturated heterocycles. The van der Waals surface area contributed by atoms with Gasteiger partial charge in [-0.05, 0) is 42.5 Å². The van der Waals surface area contributed by atoms with E-state index in [-0.39, 0.29) is 18.4 Å². The summed E-state index contributed by atoms with van der Waals surface area (Å²) in [7, 11) is 0. The van der Waals surface area contributed by atoms with Crippen LogP contribution in [0.15, 0.2) is 36.4 Å². The molecule has 0 aliphatic heterocycles. The van der Waals surface area contributed by atoms with Crippen LogP contribution in [0.2, 0.25) is 0 Å². The van der Waals surface area contributed by atoms with Gasteiger partial charge in [-0.3, -0.25) is 0 Å². The lowest BCUT2D eigenvalue weighted by molar-refractivity contribution is 0.293. The molecular formula is C19H26ClNO. The summed E-state index contributed by atoms with van der Waals surface area (Å²) < 4.78 is 5.88. The molecule has 0 heterocycles. The molecule has 0 bridgehead atoms. The van der Waals surface area contributed by atoms with E-state index in [2.05, 4.69) is 36.4 Å². The first-order valence-electron chi connectivity index (χ1n) is 8.21. The van der Waals surface area contributed by atoms with Gasteiger partial charge in [-0.1, -0.05) is 49.6 Å². The van der Waals surface area contributed by atoms with Gasteiger partial charge >= 0.3 is 0 Å². The highest BCUT2D eigenvalue weighted by atomic mass is 35.5. The lowest BCUT2D eigenvalue weighted by Crippen LogP contribution is -2.24. The minimum atomic E-state index is 0. The summed E-state index contributed by atoms with van der Waals surface area (Å²) in [6, 6.07) is 12.8. The van der Waals surface area contributed by atoms with Crippen molar-refractivity contribution in [2.45, 2.75) is 45.1 Å². The van der Waals surface area contributed by atoms with Crippen LogP contribution >= 0.6 is 12.4 Å². The maximum Gasteiger partial charge on any atom is 0.124 e. The van der Waals surface area contributed by atoms with Crippen molar-refractivity contribution in [3.8, 4) is 5.75 Å². The van der Waals surface area contributed by atoms with Crippen LogP contribution in [0.1, 0.15) is 50.6 Å². The molecule has 2 aromatic rings. The fraction of sp³-hybridized carbons (Fsp3) is 0.474. The van der Waals surface area contributed by atoms with Crippen molar-refractivity contribution in [1.82, 2.24) is 0 Å².